The van der Waals surface area contributed by atoms with E-state index in [9.17, 15) is 9.59 Å². The van der Waals surface area contributed by atoms with Gasteiger partial charge in [0.25, 0.3) is 0 Å². The van der Waals surface area contributed by atoms with Crippen LogP contribution in [0.1, 0.15) is 73.9 Å². The van der Waals surface area contributed by atoms with Crippen molar-refractivity contribution < 1.29 is 62.2 Å². The Balaban J connectivity index is -0.000000155. The number of halogens is 4. The summed E-state index contributed by atoms with van der Waals surface area (Å²) in [5.74, 6) is -0.336. The van der Waals surface area contributed by atoms with Crippen LogP contribution in [-0.2, 0) is 65.1 Å². The molecule has 15 heteroatoms. The summed E-state index contributed by atoms with van der Waals surface area (Å²) < 4.78 is 0. The molecule has 0 bridgehead atoms. The largest absolute Gasteiger partial charge is 0 e. The van der Waals surface area contributed by atoms with E-state index in [-0.39, 0.29) is 100 Å². The van der Waals surface area contributed by atoms with Crippen LogP contribution in [0, 0.1) is 14.4 Å². The predicted molar refractivity (Wildman–Crippen MR) is 254 cm³/mol. The third-order valence-electron chi connectivity index (χ3n) is 7.60. The predicted octanol–water partition coefficient (Wildman–Crippen LogP) is 8.63. The number of nitrogens with zero attached hydrogens (tertiary/aromatic N) is 4. The third kappa shape index (κ3) is 29.3. The Kier molecular flexibility index (Phi) is 51.9. The van der Waals surface area contributed by atoms with Crippen molar-refractivity contribution in [3.05, 3.63) is 86.1 Å². The zero-order chi connectivity index (χ0) is 37.9. The van der Waals surface area contributed by atoms with Crippen LogP contribution in [-0.4, -0.2) is 111 Å². The number of hydrogen-bond acceptors (Lipinski definition) is 7. The van der Waals surface area contributed by atoms with E-state index in [4.69, 9.17) is 15.0 Å². The number of carbonyl (C=O) groups excluding carboxylic acids is 3. The SMILES string of the molecule is C.CC.CC.CC1CN(C(=O)CO)C(C)CN1Cc1ccccc1.CC1CN(C(=O)CO)C(C)CN1Cc1ccccc1.I.[CH2-]C=O.[CH3-].[I][V]([I])[I].[Y]. The second kappa shape index (κ2) is 41.5. The fourth-order valence-electron chi connectivity index (χ4n) is 5.35. The first-order valence-corrected chi connectivity index (χ1v) is 30.3. The van der Waals surface area contributed by atoms with E-state index in [2.05, 4.69) is 139 Å². The van der Waals surface area contributed by atoms with E-state index in [0.717, 1.165) is 26.2 Å². The first kappa shape index (κ1) is 66.2. The number of benzene rings is 2. The number of piperazine rings is 2. The maximum atomic E-state index is 11.6. The van der Waals surface area contributed by atoms with Gasteiger partial charge in [0, 0.05) is 96.1 Å². The molecule has 1 radical (unpaired) electrons. The number of carbonyl (C=O) groups is 3. The van der Waals surface area contributed by atoms with Crippen LogP contribution < -0.4 is 0 Å². The Hall–Kier alpha value is 1.37. The molecule has 0 spiro atoms. The molecule has 2 aliphatic rings. The van der Waals surface area contributed by atoms with Gasteiger partial charge in [-0.25, -0.2) is 0 Å². The summed E-state index contributed by atoms with van der Waals surface area (Å²) in [6.07, 6.45) is 0.500. The van der Waals surface area contributed by atoms with Gasteiger partial charge in [0.1, 0.15) is 13.2 Å². The normalized spacial score (nSPS) is 18.7. The van der Waals surface area contributed by atoms with Gasteiger partial charge in [0.15, 0.2) is 0 Å². The van der Waals surface area contributed by atoms with E-state index < -0.39 is 13.2 Å². The Labute approximate surface area is 403 Å². The molecule has 53 heavy (non-hydrogen) atoms. The summed E-state index contributed by atoms with van der Waals surface area (Å²) in [5, 5.41) is 18.0. The third-order valence-corrected chi connectivity index (χ3v) is 7.60. The van der Waals surface area contributed by atoms with Gasteiger partial charge >= 0.3 is 64.9 Å². The molecular weight excluding hydrogens is 1240 g/mol. The van der Waals surface area contributed by atoms with Crippen molar-refractivity contribution in [2.45, 2.75) is 100 Å². The standard InChI is InChI=1S/2C15H22N2O2.C2H3O.2C2H6.CH4.CH3.4HI.V.Y/c2*1-12-9-17(15(19)11-18)13(2)8-16(12)10-14-6-4-3-5-7-14;1-2-3;2*1-2;;;;;;;;/h2*3-7,12-13,18H,8-11H2,1-2H3;2H,1H2;2*1-2H3;1H4;1H3;4*1H;;/q;;-1;;;;-1;;;;;+3;/p-3. The molecule has 4 unspecified atom stereocenters. The average Bonchev–Trinajstić information content (AvgIpc) is 3.10. The molecule has 2 fully saturated rings. The van der Waals surface area contributed by atoms with Crippen LogP contribution in [0.4, 0.5) is 0 Å². The number of aldehydes is 1. The van der Waals surface area contributed by atoms with Crippen LogP contribution in [0.25, 0.3) is 0 Å². The maximum absolute atomic E-state index is 11.6. The molecule has 2 heterocycles. The number of hydrogen-bond donors (Lipinski definition) is 2. The maximum Gasteiger partial charge on any atom is 0 e. The fraction of sp³-hybridized carbons (Fsp3) is 0.553. The van der Waals surface area contributed by atoms with Gasteiger partial charge < -0.3 is 39.2 Å². The van der Waals surface area contributed by atoms with E-state index in [0.29, 0.717) is 31.5 Å². The van der Waals surface area contributed by atoms with Gasteiger partial charge in [0.2, 0.25) is 11.8 Å². The minimum absolute atomic E-state index is 0. The molecule has 2 aromatic rings. The average molecular weight is 1310 g/mol. The van der Waals surface area contributed by atoms with Crippen molar-refractivity contribution >= 4 is 102 Å². The number of amides is 2. The van der Waals surface area contributed by atoms with E-state index in [1.807, 2.05) is 53.7 Å². The van der Waals surface area contributed by atoms with Crippen molar-refractivity contribution in [1.82, 2.24) is 19.6 Å². The molecule has 2 aliphatic heterocycles. The number of aliphatic hydroxyl groups is 2. The summed E-state index contributed by atoms with van der Waals surface area (Å²) >= 11 is 7.39. The van der Waals surface area contributed by atoms with Gasteiger partial charge in [-0.15, -0.1) is 24.0 Å². The topological polar surface area (TPSA) is 105 Å². The van der Waals surface area contributed by atoms with Gasteiger partial charge in [-0.2, -0.15) is 0 Å². The van der Waals surface area contributed by atoms with Gasteiger partial charge in [-0.3, -0.25) is 19.4 Å². The molecular formula is C38H67I4N4O5VY-2. The second-order valence-electron chi connectivity index (χ2n) is 11.0. The van der Waals surface area contributed by atoms with Gasteiger partial charge in [-0.05, 0) is 45.1 Å². The zero-order valence-corrected chi connectivity index (χ0v) is 45.5. The fourth-order valence-corrected chi connectivity index (χ4v) is 5.35. The van der Waals surface area contributed by atoms with Crippen LogP contribution in [0.5, 0.6) is 0 Å². The Bertz CT molecular complexity index is 1050. The smallest absolute Gasteiger partial charge is 0 e. The molecule has 9 nitrogen and oxygen atoms in total. The Morgan fingerprint density at radius 3 is 1.17 bits per heavy atom. The Morgan fingerprint density at radius 1 is 0.698 bits per heavy atom. The first-order valence-electron chi connectivity index (χ1n) is 16.7. The summed E-state index contributed by atoms with van der Waals surface area (Å²) in [6.45, 7) is 23.3. The minimum Gasteiger partial charge on any atom is 0 e. The minimum atomic E-state index is -0.393. The van der Waals surface area contributed by atoms with Crippen LogP contribution in [0.15, 0.2) is 60.7 Å². The summed E-state index contributed by atoms with van der Waals surface area (Å²) in [7, 11) is 0. The van der Waals surface area contributed by atoms with E-state index >= 15 is 0 Å². The monoisotopic (exact) mass is 1310 g/mol. The van der Waals surface area contributed by atoms with Crippen molar-refractivity contribution in [2.75, 3.05) is 39.4 Å². The second-order valence-corrected chi connectivity index (χ2v) is 46.4. The molecule has 307 valence electrons. The number of rotatable bonds is 6. The first-order chi connectivity index (χ1) is 23.4. The molecule has 2 amide bonds. The van der Waals surface area contributed by atoms with Crippen molar-refractivity contribution in [2.24, 2.45) is 0 Å². The zero-order valence-electron chi connectivity index (χ0n) is 32.5. The van der Waals surface area contributed by atoms with Crippen molar-refractivity contribution in [1.29, 1.82) is 0 Å². The van der Waals surface area contributed by atoms with Crippen molar-refractivity contribution in [3.63, 3.8) is 0 Å². The Morgan fingerprint density at radius 2 is 0.943 bits per heavy atom. The molecule has 0 aromatic heterocycles. The molecule has 4 rings (SSSR count). The van der Waals surface area contributed by atoms with Gasteiger partial charge in [-0.1, -0.05) is 95.8 Å². The molecule has 2 aromatic carbocycles. The molecule has 2 saturated heterocycles. The van der Waals surface area contributed by atoms with Crippen LogP contribution in [0.3, 0.4) is 0 Å². The number of aliphatic hydroxyl groups excluding tert-OH is 2. The van der Waals surface area contributed by atoms with Crippen LogP contribution >= 0.6 is 83.9 Å². The molecule has 4 atom stereocenters. The van der Waals surface area contributed by atoms with Gasteiger partial charge in [0.05, 0.1) is 0 Å². The quantitative estimate of drug-likeness (QED) is 0.170. The summed E-state index contributed by atoms with van der Waals surface area (Å²) in [6, 6.07) is 21.7. The van der Waals surface area contributed by atoms with E-state index in [1.165, 1.54) is 11.1 Å². The van der Waals surface area contributed by atoms with E-state index in [1.54, 1.807) is 9.80 Å². The van der Waals surface area contributed by atoms with Crippen molar-refractivity contribution in [3.8, 4) is 0 Å². The summed E-state index contributed by atoms with van der Waals surface area (Å²) in [5.41, 5.74) is 2.59. The van der Waals surface area contributed by atoms with Crippen LogP contribution in [0.2, 0.25) is 0 Å². The molecule has 2 N–H and O–H groups in total. The molecule has 0 saturated carbocycles. The molecule has 0 aliphatic carbocycles. The summed E-state index contributed by atoms with van der Waals surface area (Å²) in [4.78, 5) is 40.1.